The lowest BCUT2D eigenvalue weighted by molar-refractivity contribution is -0.0574. The highest BCUT2D eigenvalue weighted by Crippen LogP contribution is 2.23. The maximum absolute atomic E-state index is 10.6. The minimum absolute atomic E-state index is 0.276. The van der Waals surface area contributed by atoms with Crippen molar-refractivity contribution in [2.24, 2.45) is 0 Å². The molecule has 0 aliphatic carbocycles. The number of nitrogens with one attached hydrogen (secondary N) is 1. The smallest absolute Gasteiger partial charge is 0.323 e. The summed E-state index contributed by atoms with van der Waals surface area (Å²) in [5.41, 5.74) is -0.773. The van der Waals surface area contributed by atoms with E-state index in [0.29, 0.717) is 51.1 Å². The zero-order valence-electron chi connectivity index (χ0n) is 12.8. The SMILES string of the molecule is CCOc1nc(NC)nc(N(C)CC2(O)CCOCC2)n1. The van der Waals surface area contributed by atoms with Crippen LogP contribution in [0, 0.1) is 0 Å². The average molecular weight is 297 g/mol. The molecule has 2 heterocycles. The van der Waals surface area contributed by atoms with Gasteiger partial charge >= 0.3 is 6.01 Å². The van der Waals surface area contributed by atoms with Crippen LogP contribution >= 0.6 is 0 Å². The number of ether oxygens (including phenoxy) is 2. The Hall–Kier alpha value is -1.67. The summed E-state index contributed by atoms with van der Waals surface area (Å²) in [5, 5.41) is 13.4. The van der Waals surface area contributed by atoms with Crippen molar-refractivity contribution in [3.63, 3.8) is 0 Å². The van der Waals surface area contributed by atoms with Crippen molar-refractivity contribution in [1.29, 1.82) is 0 Å². The van der Waals surface area contributed by atoms with Crippen LogP contribution in [0.4, 0.5) is 11.9 Å². The summed E-state index contributed by atoms with van der Waals surface area (Å²) < 4.78 is 10.6. The molecule has 1 saturated heterocycles. The van der Waals surface area contributed by atoms with Crippen molar-refractivity contribution in [2.75, 3.05) is 50.7 Å². The number of aromatic nitrogens is 3. The second-order valence-electron chi connectivity index (χ2n) is 5.12. The molecule has 0 unspecified atom stereocenters. The monoisotopic (exact) mass is 297 g/mol. The van der Waals surface area contributed by atoms with Gasteiger partial charge in [-0.2, -0.15) is 15.0 Å². The van der Waals surface area contributed by atoms with Gasteiger partial charge in [-0.25, -0.2) is 0 Å². The van der Waals surface area contributed by atoms with Gasteiger partial charge in [0.05, 0.1) is 12.2 Å². The zero-order valence-corrected chi connectivity index (χ0v) is 12.8. The first kappa shape index (κ1) is 15.7. The first-order valence-electron chi connectivity index (χ1n) is 7.14. The predicted octanol–water partition coefficient (Wildman–Crippen LogP) is 0.290. The third-order valence-corrected chi connectivity index (χ3v) is 3.40. The van der Waals surface area contributed by atoms with Gasteiger partial charge in [-0.1, -0.05) is 0 Å². The number of nitrogens with zero attached hydrogens (tertiary/aromatic N) is 4. The van der Waals surface area contributed by atoms with Crippen molar-refractivity contribution in [3.05, 3.63) is 0 Å². The summed E-state index contributed by atoms with van der Waals surface area (Å²) in [6, 6.07) is 0.276. The topological polar surface area (TPSA) is 92.6 Å². The number of anilines is 2. The predicted molar refractivity (Wildman–Crippen MR) is 78.8 cm³/mol. The van der Waals surface area contributed by atoms with Gasteiger partial charge < -0.3 is 24.8 Å². The fourth-order valence-corrected chi connectivity index (χ4v) is 2.24. The van der Waals surface area contributed by atoms with Gasteiger partial charge in [-0.3, -0.25) is 0 Å². The average Bonchev–Trinajstić information content (AvgIpc) is 2.47. The number of rotatable bonds is 6. The number of likely N-dealkylation sites (N-methyl/N-ethyl adjacent to an activating group) is 1. The number of hydrogen-bond donors (Lipinski definition) is 2. The quantitative estimate of drug-likeness (QED) is 0.774. The summed E-state index contributed by atoms with van der Waals surface area (Å²) in [5.74, 6) is 0.909. The second-order valence-corrected chi connectivity index (χ2v) is 5.12. The normalized spacial score (nSPS) is 17.3. The molecule has 118 valence electrons. The molecule has 0 spiro atoms. The molecule has 2 N–H and O–H groups in total. The van der Waals surface area contributed by atoms with Gasteiger partial charge in [-0.15, -0.1) is 0 Å². The van der Waals surface area contributed by atoms with Crippen molar-refractivity contribution in [3.8, 4) is 6.01 Å². The van der Waals surface area contributed by atoms with E-state index in [4.69, 9.17) is 9.47 Å². The van der Waals surface area contributed by atoms with Gasteiger partial charge in [0, 0.05) is 46.7 Å². The third-order valence-electron chi connectivity index (χ3n) is 3.40. The van der Waals surface area contributed by atoms with E-state index in [9.17, 15) is 5.11 Å². The molecule has 0 bridgehead atoms. The van der Waals surface area contributed by atoms with Crippen molar-refractivity contribution >= 4 is 11.9 Å². The summed E-state index contributed by atoms with van der Waals surface area (Å²) >= 11 is 0. The molecule has 1 aromatic heterocycles. The molecule has 0 radical (unpaired) electrons. The third kappa shape index (κ3) is 4.15. The second kappa shape index (κ2) is 6.86. The number of aliphatic hydroxyl groups is 1. The first-order valence-corrected chi connectivity index (χ1v) is 7.14. The standard InChI is InChI=1S/C13H23N5O3/c1-4-21-12-16-10(14-2)15-11(17-12)18(3)9-13(19)5-7-20-8-6-13/h19H,4-9H2,1-3H3,(H,14,15,16,17). The molecule has 8 nitrogen and oxygen atoms in total. The molecule has 2 rings (SSSR count). The molecule has 1 aliphatic heterocycles. The molecule has 1 fully saturated rings. The van der Waals surface area contributed by atoms with E-state index < -0.39 is 5.60 Å². The van der Waals surface area contributed by atoms with E-state index >= 15 is 0 Å². The van der Waals surface area contributed by atoms with E-state index in [0.717, 1.165) is 0 Å². The van der Waals surface area contributed by atoms with Gasteiger partial charge in [0.25, 0.3) is 0 Å². The summed E-state index contributed by atoms with van der Waals surface area (Å²) in [4.78, 5) is 14.5. The highest BCUT2D eigenvalue weighted by atomic mass is 16.5. The van der Waals surface area contributed by atoms with Gasteiger partial charge in [-0.05, 0) is 6.92 Å². The Balaban J connectivity index is 2.13. The van der Waals surface area contributed by atoms with Crippen LogP contribution in [0.1, 0.15) is 19.8 Å². The molecule has 8 heteroatoms. The van der Waals surface area contributed by atoms with E-state index in [2.05, 4.69) is 20.3 Å². The maximum atomic E-state index is 10.6. The zero-order chi connectivity index (χ0) is 15.3. The van der Waals surface area contributed by atoms with Crippen LogP contribution in [0.3, 0.4) is 0 Å². The number of hydrogen-bond acceptors (Lipinski definition) is 8. The van der Waals surface area contributed by atoms with E-state index in [1.165, 1.54) is 0 Å². The van der Waals surface area contributed by atoms with Crippen LogP contribution in [0.2, 0.25) is 0 Å². The summed E-state index contributed by atoms with van der Waals surface area (Å²) in [6.07, 6.45) is 1.22. The minimum Gasteiger partial charge on any atom is -0.464 e. The van der Waals surface area contributed by atoms with Crippen LogP contribution in [0.5, 0.6) is 6.01 Å². The van der Waals surface area contributed by atoms with Crippen molar-refractivity contribution < 1.29 is 14.6 Å². The molecule has 1 aliphatic rings. The molecule has 0 atom stereocenters. The van der Waals surface area contributed by atoms with Crippen molar-refractivity contribution in [2.45, 2.75) is 25.4 Å². The Morgan fingerprint density at radius 3 is 2.67 bits per heavy atom. The Bertz CT molecular complexity index is 465. The highest BCUT2D eigenvalue weighted by molar-refractivity contribution is 5.37. The largest absolute Gasteiger partial charge is 0.464 e. The lowest BCUT2D eigenvalue weighted by atomic mass is 9.94. The van der Waals surface area contributed by atoms with Crippen LogP contribution < -0.4 is 15.0 Å². The Kier molecular flexibility index (Phi) is 5.13. The molecule has 0 saturated carbocycles. The van der Waals surface area contributed by atoms with E-state index in [1.807, 2.05) is 18.9 Å². The van der Waals surface area contributed by atoms with Crippen LogP contribution in [-0.2, 0) is 4.74 Å². The Labute approximate surface area is 124 Å². The maximum Gasteiger partial charge on any atom is 0.323 e. The summed E-state index contributed by atoms with van der Waals surface area (Å²) in [7, 11) is 3.58. The fraction of sp³-hybridized carbons (Fsp3) is 0.769. The first-order chi connectivity index (χ1) is 10.1. The molecular weight excluding hydrogens is 274 g/mol. The molecule has 0 aromatic carbocycles. The van der Waals surface area contributed by atoms with Crippen LogP contribution in [0.15, 0.2) is 0 Å². The Morgan fingerprint density at radius 2 is 2.05 bits per heavy atom. The van der Waals surface area contributed by atoms with Gasteiger partial charge in [0.2, 0.25) is 11.9 Å². The van der Waals surface area contributed by atoms with Crippen LogP contribution in [0.25, 0.3) is 0 Å². The fourth-order valence-electron chi connectivity index (χ4n) is 2.24. The van der Waals surface area contributed by atoms with Gasteiger partial charge in [0.15, 0.2) is 0 Å². The van der Waals surface area contributed by atoms with Gasteiger partial charge in [0.1, 0.15) is 0 Å². The Morgan fingerprint density at radius 1 is 1.33 bits per heavy atom. The molecule has 0 amide bonds. The molecule has 21 heavy (non-hydrogen) atoms. The summed E-state index contributed by atoms with van der Waals surface area (Å²) in [6.45, 7) is 3.95. The van der Waals surface area contributed by atoms with Crippen LogP contribution in [-0.4, -0.2) is 66.1 Å². The highest BCUT2D eigenvalue weighted by Gasteiger charge is 2.32. The molecule has 1 aromatic rings. The molecular formula is C13H23N5O3. The lowest BCUT2D eigenvalue weighted by Crippen LogP contribution is -2.46. The van der Waals surface area contributed by atoms with E-state index in [1.54, 1.807) is 7.05 Å². The van der Waals surface area contributed by atoms with E-state index in [-0.39, 0.29) is 6.01 Å². The lowest BCUT2D eigenvalue weighted by Gasteiger charge is -2.35. The van der Waals surface area contributed by atoms with Crippen molar-refractivity contribution in [1.82, 2.24) is 15.0 Å². The minimum atomic E-state index is -0.773.